The largest absolute Gasteiger partial charge is 0.383 e. The van der Waals surface area contributed by atoms with Gasteiger partial charge in [0, 0.05) is 24.7 Å². The molecule has 0 fully saturated rings. The Kier molecular flexibility index (Phi) is 6.26. The molecule has 0 saturated heterocycles. The van der Waals surface area contributed by atoms with Gasteiger partial charge < -0.3 is 9.64 Å². The van der Waals surface area contributed by atoms with E-state index in [1.165, 1.54) is 12.0 Å². The van der Waals surface area contributed by atoms with Crippen molar-refractivity contribution in [3.05, 3.63) is 28.0 Å². The Bertz CT molecular complexity index is 636. The van der Waals surface area contributed by atoms with Gasteiger partial charge >= 0.3 is 0 Å². The fraction of sp³-hybridized carbons (Fsp3) is 0.417. The molecule has 0 saturated carbocycles. The Morgan fingerprint density at radius 2 is 2.10 bits per heavy atom. The van der Waals surface area contributed by atoms with Crippen LogP contribution in [0.2, 0.25) is 0 Å². The van der Waals surface area contributed by atoms with Crippen LogP contribution >= 0.6 is 15.9 Å². The van der Waals surface area contributed by atoms with Crippen molar-refractivity contribution in [2.45, 2.75) is 11.8 Å². The molecule has 0 aliphatic carbocycles. The molecule has 2 N–H and O–H groups in total. The van der Waals surface area contributed by atoms with Crippen LogP contribution in [0.15, 0.2) is 21.5 Å². The summed E-state index contributed by atoms with van der Waals surface area (Å²) >= 11 is 2.92. The van der Waals surface area contributed by atoms with E-state index in [4.69, 9.17) is 9.88 Å². The second kappa shape index (κ2) is 7.30. The highest BCUT2D eigenvalue weighted by molar-refractivity contribution is 9.10. The minimum atomic E-state index is -4.06. The summed E-state index contributed by atoms with van der Waals surface area (Å²) < 4.78 is 41.7. The van der Waals surface area contributed by atoms with E-state index in [0.29, 0.717) is 13.2 Å². The number of nitrogens with zero attached hydrogens (tertiary/aromatic N) is 1. The number of nitrogens with two attached hydrogens (primary N) is 1. The summed E-state index contributed by atoms with van der Waals surface area (Å²) in [4.78, 5) is 13.3. The van der Waals surface area contributed by atoms with E-state index in [1.54, 1.807) is 6.92 Å². The highest BCUT2D eigenvalue weighted by Crippen LogP contribution is 2.25. The van der Waals surface area contributed by atoms with Crippen molar-refractivity contribution in [3.8, 4) is 0 Å². The number of hydrogen-bond acceptors (Lipinski definition) is 4. The summed E-state index contributed by atoms with van der Waals surface area (Å²) in [5, 5.41) is 5.04. The summed E-state index contributed by atoms with van der Waals surface area (Å²) in [7, 11) is -2.58. The minimum absolute atomic E-state index is 0.0287. The van der Waals surface area contributed by atoms with Gasteiger partial charge in [0.15, 0.2) is 0 Å². The SMILES string of the molecule is CCN(CCOC)C(=O)c1cc(S(N)(=O)=O)c(Br)cc1F. The number of sulfonamides is 1. The van der Waals surface area contributed by atoms with Gasteiger partial charge in [0.25, 0.3) is 5.91 Å². The number of ether oxygens (including phenoxy) is 1. The topological polar surface area (TPSA) is 89.7 Å². The molecule has 21 heavy (non-hydrogen) atoms. The zero-order valence-electron chi connectivity index (χ0n) is 11.6. The molecule has 9 heteroatoms. The summed E-state index contributed by atoms with van der Waals surface area (Å²) in [6, 6.07) is 1.85. The fourth-order valence-electron chi connectivity index (χ4n) is 1.69. The lowest BCUT2D eigenvalue weighted by molar-refractivity contribution is 0.0701. The van der Waals surface area contributed by atoms with Crippen LogP contribution in [0.3, 0.4) is 0 Å². The van der Waals surface area contributed by atoms with E-state index >= 15 is 0 Å². The third kappa shape index (κ3) is 4.47. The summed E-state index contributed by atoms with van der Waals surface area (Å²) in [6.45, 7) is 2.62. The lowest BCUT2D eigenvalue weighted by Crippen LogP contribution is -2.34. The zero-order valence-corrected chi connectivity index (χ0v) is 14.0. The van der Waals surface area contributed by atoms with E-state index in [-0.39, 0.29) is 21.5 Å². The van der Waals surface area contributed by atoms with Crippen molar-refractivity contribution in [2.24, 2.45) is 5.14 Å². The van der Waals surface area contributed by atoms with Crippen molar-refractivity contribution in [3.63, 3.8) is 0 Å². The van der Waals surface area contributed by atoms with Gasteiger partial charge in [-0.1, -0.05) is 0 Å². The molecule has 1 aromatic carbocycles. The number of primary sulfonamides is 1. The Morgan fingerprint density at radius 3 is 2.57 bits per heavy atom. The number of methoxy groups -OCH3 is 1. The van der Waals surface area contributed by atoms with E-state index in [1.807, 2.05) is 0 Å². The lowest BCUT2D eigenvalue weighted by atomic mass is 10.2. The Hall–Kier alpha value is -1.03. The predicted molar refractivity (Wildman–Crippen MR) is 78.9 cm³/mol. The maximum absolute atomic E-state index is 13.9. The van der Waals surface area contributed by atoms with Gasteiger partial charge in [-0.25, -0.2) is 17.9 Å². The fourth-order valence-corrected chi connectivity index (χ4v) is 3.29. The number of benzene rings is 1. The summed E-state index contributed by atoms with van der Waals surface area (Å²) in [6.07, 6.45) is 0. The van der Waals surface area contributed by atoms with Crippen molar-refractivity contribution in [1.82, 2.24) is 4.90 Å². The Morgan fingerprint density at radius 1 is 1.48 bits per heavy atom. The van der Waals surface area contributed by atoms with Crippen molar-refractivity contribution < 1.29 is 22.3 Å². The number of carbonyl (C=O) groups is 1. The smallest absolute Gasteiger partial charge is 0.256 e. The maximum atomic E-state index is 13.9. The lowest BCUT2D eigenvalue weighted by Gasteiger charge is -2.21. The second-order valence-electron chi connectivity index (χ2n) is 4.19. The maximum Gasteiger partial charge on any atom is 0.256 e. The van der Waals surface area contributed by atoms with Crippen LogP contribution in [-0.4, -0.2) is 46.0 Å². The van der Waals surface area contributed by atoms with Crippen LogP contribution in [-0.2, 0) is 14.8 Å². The van der Waals surface area contributed by atoms with Gasteiger partial charge in [-0.2, -0.15) is 0 Å². The average Bonchev–Trinajstić information content (AvgIpc) is 2.37. The van der Waals surface area contributed by atoms with Gasteiger partial charge in [-0.3, -0.25) is 4.79 Å². The first-order valence-electron chi connectivity index (χ1n) is 6.02. The molecule has 0 radical (unpaired) electrons. The molecule has 0 aromatic heterocycles. The molecule has 0 atom stereocenters. The third-order valence-corrected chi connectivity index (χ3v) is 4.66. The molecule has 0 bridgehead atoms. The standard InChI is InChI=1S/C12H16BrFN2O4S/c1-3-16(4-5-20-2)12(17)8-6-11(21(15,18)19)9(13)7-10(8)14/h6-7H,3-5H2,1-2H3,(H2,15,18,19). The average molecular weight is 383 g/mol. The van der Waals surface area contributed by atoms with E-state index in [9.17, 15) is 17.6 Å². The highest BCUT2D eigenvalue weighted by atomic mass is 79.9. The van der Waals surface area contributed by atoms with E-state index in [0.717, 1.165) is 12.1 Å². The minimum Gasteiger partial charge on any atom is -0.383 e. The van der Waals surface area contributed by atoms with Gasteiger partial charge in [-0.15, -0.1) is 0 Å². The molecule has 0 aliphatic rings. The number of rotatable bonds is 6. The van der Waals surface area contributed by atoms with Gasteiger partial charge in [0.05, 0.1) is 17.1 Å². The van der Waals surface area contributed by atoms with Gasteiger partial charge in [0.2, 0.25) is 10.0 Å². The zero-order chi connectivity index (χ0) is 16.2. The van der Waals surface area contributed by atoms with Crippen LogP contribution in [0.1, 0.15) is 17.3 Å². The van der Waals surface area contributed by atoms with Crippen molar-refractivity contribution in [2.75, 3.05) is 26.8 Å². The van der Waals surface area contributed by atoms with Gasteiger partial charge in [0.1, 0.15) is 5.82 Å². The second-order valence-corrected chi connectivity index (χ2v) is 6.57. The summed E-state index contributed by atoms with van der Waals surface area (Å²) in [5.74, 6) is -1.44. The molecule has 1 rings (SSSR count). The molecule has 118 valence electrons. The van der Waals surface area contributed by atoms with Crippen LogP contribution in [0.25, 0.3) is 0 Å². The molecule has 0 aliphatic heterocycles. The predicted octanol–water partition coefficient (Wildman–Crippen LogP) is 1.34. The van der Waals surface area contributed by atoms with Crippen LogP contribution < -0.4 is 5.14 Å². The number of halogens is 2. The quantitative estimate of drug-likeness (QED) is 0.803. The summed E-state index contributed by atoms with van der Waals surface area (Å²) in [5.41, 5.74) is -0.347. The monoisotopic (exact) mass is 382 g/mol. The third-order valence-electron chi connectivity index (χ3n) is 2.79. The first-order chi connectivity index (χ1) is 9.72. The highest BCUT2D eigenvalue weighted by Gasteiger charge is 2.23. The number of amides is 1. The first kappa shape index (κ1) is 18.0. The molecule has 0 heterocycles. The number of hydrogen-bond donors (Lipinski definition) is 1. The Labute approximate surface area is 131 Å². The molecule has 1 aromatic rings. The molecule has 1 amide bonds. The van der Waals surface area contributed by atoms with Crippen molar-refractivity contribution in [1.29, 1.82) is 0 Å². The first-order valence-corrected chi connectivity index (χ1v) is 8.36. The molecular weight excluding hydrogens is 367 g/mol. The number of likely N-dealkylation sites (N-methyl/N-ethyl adjacent to an activating group) is 1. The Balaban J connectivity index is 3.26. The van der Waals surface area contributed by atoms with Crippen molar-refractivity contribution >= 4 is 31.9 Å². The van der Waals surface area contributed by atoms with E-state index in [2.05, 4.69) is 15.9 Å². The molecular formula is C12H16BrFN2O4S. The molecule has 6 nitrogen and oxygen atoms in total. The van der Waals surface area contributed by atoms with Crippen LogP contribution in [0.5, 0.6) is 0 Å². The van der Waals surface area contributed by atoms with Gasteiger partial charge in [-0.05, 0) is 35.0 Å². The van der Waals surface area contributed by atoms with Crippen LogP contribution in [0, 0.1) is 5.82 Å². The van der Waals surface area contributed by atoms with E-state index < -0.39 is 21.7 Å². The molecule has 0 unspecified atom stereocenters. The number of carbonyl (C=O) groups excluding carboxylic acids is 1. The molecule has 0 spiro atoms. The van der Waals surface area contributed by atoms with Crippen LogP contribution in [0.4, 0.5) is 4.39 Å². The normalized spacial score (nSPS) is 11.5.